The van der Waals surface area contributed by atoms with Crippen molar-refractivity contribution >= 4 is 22.5 Å². The number of benzene rings is 1. The van der Waals surface area contributed by atoms with Gasteiger partial charge >= 0.3 is 0 Å². The van der Waals surface area contributed by atoms with Crippen LogP contribution in [-0.4, -0.2) is 61.5 Å². The average molecular weight is 353 g/mol. The number of amides is 1. The molecule has 0 spiro atoms. The molecule has 3 aromatic rings. The molecule has 1 aromatic carbocycles. The summed E-state index contributed by atoms with van der Waals surface area (Å²) in [6.07, 6.45) is 3.16. The maximum Gasteiger partial charge on any atom is 0.276 e. The monoisotopic (exact) mass is 353 g/mol. The molecule has 1 aliphatic heterocycles. The lowest BCUT2D eigenvalue weighted by Gasteiger charge is -2.35. The summed E-state index contributed by atoms with van der Waals surface area (Å²) < 4.78 is 2.99. The van der Waals surface area contributed by atoms with Gasteiger partial charge in [-0.05, 0) is 18.2 Å². The number of aryl methyl sites for hydroxylation is 2. The number of piperazine rings is 1. The number of fused-ring (bicyclic) bond motifs is 1. The van der Waals surface area contributed by atoms with Crippen molar-refractivity contribution in [2.75, 3.05) is 31.1 Å². The molecule has 1 fully saturated rings. The zero-order valence-electron chi connectivity index (χ0n) is 14.7. The van der Waals surface area contributed by atoms with Crippen LogP contribution in [0.25, 0.3) is 10.9 Å². The van der Waals surface area contributed by atoms with E-state index in [2.05, 4.69) is 20.2 Å². The number of hydrogen-bond acceptors (Lipinski definition) is 6. The lowest BCUT2D eigenvalue weighted by Crippen LogP contribution is -2.48. The van der Waals surface area contributed by atoms with Gasteiger partial charge in [0.05, 0.1) is 23.4 Å². The average Bonchev–Trinajstić information content (AvgIpc) is 3.10. The van der Waals surface area contributed by atoms with E-state index in [1.807, 2.05) is 18.2 Å². The van der Waals surface area contributed by atoms with Crippen molar-refractivity contribution in [3.05, 3.63) is 46.8 Å². The van der Waals surface area contributed by atoms with Crippen molar-refractivity contribution in [3.63, 3.8) is 0 Å². The number of carbonyl (C=O) groups excluding carboxylic acids is 1. The molecule has 3 heterocycles. The van der Waals surface area contributed by atoms with Crippen LogP contribution in [-0.2, 0) is 14.1 Å². The summed E-state index contributed by atoms with van der Waals surface area (Å²) in [4.78, 5) is 32.9. The number of anilines is 1. The molecule has 9 heteroatoms. The number of hydrogen-bond donors (Lipinski definition) is 0. The van der Waals surface area contributed by atoms with Gasteiger partial charge in [0.25, 0.3) is 11.5 Å². The zero-order valence-corrected chi connectivity index (χ0v) is 14.7. The number of rotatable bonds is 2. The van der Waals surface area contributed by atoms with Crippen LogP contribution >= 0.6 is 0 Å². The van der Waals surface area contributed by atoms with Crippen LogP contribution in [0.3, 0.4) is 0 Å². The van der Waals surface area contributed by atoms with E-state index in [-0.39, 0.29) is 11.5 Å². The molecule has 2 aromatic heterocycles. The predicted molar refractivity (Wildman–Crippen MR) is 96.1 cm³/mol. The first kappa shape index (κ1) is 16.2. The summed E-state index contributed by atoms with van der Waals surface area (Å²) in [6.45, 7) is 2.64. The topological polar surface area (TPSA) is 89.2 Å². The summed E-state index contributed by atoms with van der Waals surface area (Å²) in [5.41, 5.74) is 2.00. The Morgan fingerprint density at radius 3 is 2.58 bits per heavy atom. The Morgan fingerprint density at radius 1 is 1.12 bits per heavy atom. The fourth-order valence-electron chi connectivity index (χ4n) is 3.17. The highest BCUT2D eigenvalue weighted by Crippen LogP contribution is 2.20. The molecule has 0 saturated carbocycles. The van der Waals surface area contributed by atoms with Crippen molar-refractivity contribution in [2.45, 2.75) is 0 Å². The van der Waals surface area contributed by atoms with Gasteiger partial charge in [0, 0.05) is 46.0 Å². The Balaban J connectivity index is 1.49. The Morgan fingerprint density at radius 2 is 1.88 bits per heavy atom. The fraction of sp³-hybridized carbons (Fsp3) is 0.353. The van der Waals surface area contributed by atoms with Crippen LogP contribution in [0.15, 0.2) is 35.5 Å². The Hall–Kier alpha value is -3.23. The van der Waals surface area contributed by atoms with Gasteiger partial charge in [0.1, 0.15) is 0 Å². The first-order valence-corrected chi connectivity index (χ1v) is 8.39. The lowest BCUT2D eigenvalue weighted by atomic mass is 10.2. The Kier molecular flexibility index (Phi) is 3.90. The third-order valence-electron chi connectivity index (χ3n) is 4.66. The minimum absolute atomic E-state index is 0.0547. The van der Waals surface area contributed by atoms with E-state index >= 15 is 0 Å². The van der Waals surface area contributed by atoms with Crippen LogP contribution < -0.4 is 10.5 Å². The fourth-order valence-corrected chi connectivity index (χ4v) is 3.17. The Labute approximate surface area is 149 Å². The zero-order chi connectivity index (χ0) is 18.3. The van der Waals surface area contributed by atoms with Crippen LogP contribution in [0, 0.1) is 0 Å². The van der Waals surface area contributed by atoms with Crippen LogP contribution in [0.1, 0.15) is 10.5 Å². The molecule has 1 aliphatic rings. The van der Waals surface area contributed by atoms with Gasteiger partial charge in [0.15, 0.2) is 5.69 Å². The van der Waals surface area contributed by atoms with E-state index < -0.39 is 0 Å². The molecule has 0 N–H and O–H groups in total. The molecule has 0 atom stereocenters. The summed E-state index contributed by atoms with van der Waals surface area (Å²) in [5.74, 6) is -0.0959. The van der Waals surface area contributed by atoms with Gasteiger partial charge < -0.3 is 14.4 Å². The molecule has 9 nitrogen and oxygen atoms in total. The minimum Gasteiger partial charge on any atom is -0.368 e. The largest absolute Gasteiger partial charge is 0.368 e. The van der Waals surface area contributed by atoms with Gasteiger partial charge in [-0.2, -0.15) is 0 Å². The van der Waals surface area contributed by atoms with Crippen molar-refractivity contribution in [1.29, 1.82) is 0 Å². The first-order chi connectivity index (χ1) is 12.5. The molecule has 1 saturated heterocycles. The predicted octanol–water partition coefficient (Wildman–Crippen LogP) is 0.0244. The van der Waals surface area contributed by atoms with E-state index in [1.54, 1.807) is 25.2 Å². The van der Waals surface area contributed by atoms with Crippen LogP contribution in [0.2, 0.25) is 0 Å². The number of carbonyl (C=O) groups is 1. The van der Waals surface area contributed by atoms with Crippen molar-refractivity contribution in [3.8, 4) is 0 Å². The lowest BCUT2D eigenvalue weighted by molar-refractivity contribution is 0.0740. The van der Waals surface area contributed by atoms with Gasteiger partial charge in [0.2, 0.25) is 0 Å². The van der Waals surface area contributed by atoms with Gasteiger partial charge in [-0.1, -0.05) is 5.21 Å². The number of aromatic nitrogens is 5. The second-order valence-corrected chi connectivity index (χ2v) is 6.42. The SMILES string of the molecule is Cn1cc(C(=O)N2CCN(c3ccc4c(=O)n(C)cnc4c3)CC2)nn1. The van der Waals surface area contributed by atoms with Gasteiger partial charge in [-0.15, -0.1) is 5.10 Å². The third-order valence-corrected chi connectivity index (χ3v) is 4.66. The molecular weight excluding hydrogens is 334 g/mol. The van der Waals surface area contributed by atoms with Crippen molar-refractivity contribution in [1.82, 2.24) is 29.4 Å². The van der Waals surface area contributed by atoms with E-state index in [9.17, 15) is 9.59 Å². The van der Waals surface area contributed by atoms with E-state index in [1.165, 1.54) is 15.6 Å². The van der Waals surface area contributed by atoms with Gasteiger partial charge in [-0.3, -0.25) is 14.3 Å². The highest BCUT2D eigenvalue weighted by molar-refractivity contribution is 5.92. The third kappa shape index (κ3) is 2.81. The van der Waals surface area contributed by atoms with Crippen molar-refractivity contribution in [2.24, 2.45) is 14.1 Å². The molecule has 1 amide bonds. The summed E-state index contributed by atoms with van der Waals surface area (Å²) in [5, 5.41) is 8.30. The number of nitrogens with zero attached hydrogens (tertiary/aromatic N) is 7. The smallest absolute Gasteiger partial charge is 0.276 e. The standard InChI is InChI=1S/C17H19N7O2/c1-21-11-18-14-9-12(3-4-13(14)16(21)25)23-5-7-24(8-6-23)17(26)15-10-22(2)20-19-15/h3-4,9-11H,5-8H2,1-2H3. The molecule has 134 valence electrons. The van der Waals surface area contributed by atoms with Gasteiger partial charge in [-0.25, -0.2) is 4.98 Å². The van der Waals surface area contributed by atoms with E-state index in [0.29, 0.717) is 42.8 Å². The molecule has 0 radical (unpaired) electrons. The molecule has 4 rings (SSSR count). The molecule has 0 aliphatic carbocycles. The minimum atomic E-state index is -0.0959. The maximum atomic E-state index is 12.4. The van der Waals surface area contributed by atoms with E-state index in [4.69, 9.17) is 0 Å². The second-order valence-electron chi connectivity index (χ2n) is 6.42. The molecule has 0 bridgehead atoms. The summed E-state index contributed by atoms with van der Waals surface area (Å²) in [7, 11) is 3.43. The highest BCUT2D eigenvalue weighted by Gasteiger charge is 2.24. The Bertz CT molecular complexity index is 1030. The molecule has 0 unspecified atom stereocenters. The highest BCUT2D eigenvalue weighted by atomic mass is 16.2. The molecule has 26 heavy (non-hydrogen) atoms. The van der Waals surface area contributed by atoms with E-state index in [0.717, 1.165) is 5.69 Å². The van der Waals surface area contributed by atoms with Crippen molar-refractivity contribution < 1.29 is 4.79 Å². The normalized spacial score (nSPS) is 14.8. The second kappa shape index (κ2) is 6.25. The first-order valence-electron chi connectivity index (χ1n) is 8.39. The summed E-state index contributed by atoms with van der Waals surface area (Å²) in [6, 6.07) is 5.68. The van der Waals surface area contributed by atoms with Crippen LogP contribution in [0.4, 0.5) is 5.69 Å². The maximum absolute atomic E-state index is 12.4. The quantitative estimate of drug-likeness (QED) is 0.645. The molecular formula is C17H19N7O2. The van der Waals surface area contributed by atoms with Crippen LogP contribution in [0.5, 0.6) is 0 Å². The summed E-state index contributed by atoms with van der Waals surface area (Å²) >= 11 is 0.